The number of amides is 2. The molecule has 0 spiro atoms. The average molecular weight is 413 g/mol. The van der Waals surface area contributed by atoms with Crippen molar-refractivity contribution in [1.82, 2.24) is 10.2 Å². The molecule has 162 valence electrons. The highest BCUT2D eigenvalue weighted by Crippen LogP contribution is 2.17. The molecule has 0 heterocycles. The highest BCUT2D eigenvalue weighted by Gasteiger charge is 2.28. The van der Waals surface area contributed by atoms with Gasteiger partial charge >= 0.3 is 0 Å². The Kier molecular flexibility index (Phi) is 9.87. The van der Waals surface area contributed by atoms with Crippen molar-refractivity contribution in [2.75, 3.05) is 26.9 Å². The fourth-order valence-corrected chi connectivity index (χ4v) is 3.20. The van der Waals surface area contributed by atoms with Crippen molar-refractivity contribution >= 4 is 11.8 Å². The number of hydrogen-bond donors (Lipinski definition) is 1. The molecular weight excluding hydrogens is 380 g/mol. The highest BCUT2D eigenvalue weighted by atomic mass is 16.5. The lowest BCUT2D eigenvalue weighted by Crippen LogP contribution is -2.50. The number of nitrogens with one attached hydrogen (secondary N) is 1. The van der Waals surface area contributed by atoms with Gasteiger partial charge in [0.15, 0.2) is 0 Å². The van der Waals surface area contributed by atoms with Gasteiger partial charge in [-0.1, -0.05) is 42.5 Å². The molecule has 0 bridgehead atoms. The van der Waals surface area contributed by atoms with E-state index in [-0.39, 0.29) is 11.8 Å². The van der Waals surface area contributed by atoms with Crippen molar-refractivity contribution < 1.29 is 19.1 Å². The number of methoxy groups -OCH3 is 1. The number of nitrogens with zero attached hydrogens (tertiary/aromatic N) is 1. The SMILES string of the molecule is CCOCCCNC(=O)[C@@H](Cc1ccccc1)N(Cc1ccc(OC)cc1)C(C)=O. The minimum Gasteiger partial charge on any atom is -0.497 e. The monoisotopic (exact) mass is 412 g/mol. The predicted molar refractivity (Wildman–Crippen MR) is 117 cm³/mol. The summed E-state index contributed by atoms with van der Waals surface area (Å²) in [5.41, 5.74) is 1.95. The lowest BCUT2D eigenvalue weighted by Gasteiger charge is -2.30. The summed E-state index contributed by atoms with van der Waals surface area (Å²) in [6, 6.07) is 16.7. The van der Waals surface area contributed by atoms with E-state index in [0.29, 0.717) is 32.7 Å². The molecule has 0 saturated carbocycles. The van der Waals surface area contributed by atoms with E-state index < -0.39 is 6.04 Å². The van der Waals surface area contributed by atoms with E-state index in [1.807, 2.05) is 61.5 Å². The number of benzene rings is 2. The van der Waals surface area contributed by atoms with Crippen molar-refractivity contribution in [1.29, 1.82) is 0 Å². The Balaban J connectivity index is 2.16. The normalized spacial score (nSPS) is 11.6. The Morgan fingerprint density at radius 2 is 1.73 bits per heavy atom. The highest BCUT2D eigenvalue weighted by molar-refractivity contribution is 5.87. The third-order valence-electron chi connectivity index (χ3n) is 4.84. The van der Waals surface area contributed by atoms with Crippen LogP contribution in [0.2, 0.25) is 0 Å². The van der Waals surface area contributed by atoms with E-state index in [9.17, 15) is 9.59 Å². The average Bonchev–Trinajstić information content (AvgIpc) is 2.76. The van der Waals surface area contributed by atoms with Crippen LogP contribution in [0.15, 0.2) is 54.6 Å². The van der Waals surface area contributed by atoms with Gasteiger partial charge in [0.2, 0.25) is 11.8 Å². The summed E-state index contributed by atoms with van der Waals surface area (Å²) in [7, 11) is 1.61. The number of rotatable bonds is 12. The van der Waals surface area contributed by atoms with Crippen LogP contribution in [-0.4, -0.2) is 49.6 Å². The molecule has 1 atom stereocenters. The standard InChI is InChI=1S/C24H32N2O4/c1-4-30-16-8-15-25-24(28)23(17-20-9-6-5-7-10-20)26(19(2)27)18-21-11-13-22(29-3)14-12-21/h5-7,9-14,23H,4,8,15-18H2,1-3H3,(H,25,28)/t23-/m1/s1. The molecule has 0 aliphatic heterocycles. The zero-order valence-corrected chi connectivity index (χ0v) is 18.1. The Bertz CT molecular complexity index is 778. The molecule has 2 aromatic carbocycles. The van der Waals surface area contributed by atoms with Crippen LogP contribution in [0.4, 0.5) is 0 Å². The molecule has 2 rings (SSSR count). The van der Waals surface area contributed by atoms with Crippen LogP contribution < -0.4 is 10.1 Å². The third-order valence-corrected chi connectivity index (χ3v) is 4.84. The quantitative estimate of drug-likeness (QED) is 0.544. The topological polar surface area (TPSA) is 67.9 Å². The molecule has 0 radical (unpaired) electrons. The van der Waals surface area contributed by atoms with Gasteiger partial charge < -0.3 is 19.7 Å². The fraction of sp³-hybridized carbons (Fsp3) is 0.417. The van der Waals surface area contributed by atoms with Crippen LogP contribution in [-0.2, 0) is 27.3 Å². The van der Waals surface area contributed by atoms with Gasteiger partial charge in [-0.15, -0.1) is 0 Å². The van der Waals surface area contributed by atoms with Gasteiger partial charge in [-0.25, -0.2) is 0 Å². The maximum Gasteiger partial charge on any atom is 0.243 e. The first-order valence-electron chi connectivity index (χ1n) is 10.3. The summed E-state index contributed by atoms with van der Waals surface area (Å²) in [5, 5.41) is 2.97. The van der Waals surface area contributed by atoms with Gasteiger partial charge in [-0.3, -0.25) is 9.59 Å². The second-order valence-corrected chi connectivity index (χ2v) is 7.04. The Hall–Kier alpha value is -2.86. The Morgan fingerprint density at radius 3 is 2.33 bits per heavy atom. The van der Waals surface area contributed by atoms with Crippen molar-refractivity contribution in [3.63, 3.8) is 0 Å². The number of ether oxygens (including phenoxy) is 2. The maximum atomic E-state index is 13.1. The number of carbonyl (C=O) groups is 2. The van der Waals surface area contributed by atoms with E-state index in [0.717, 1.165) is 23.3 Å². The summed E-state index contributed by atoms with van der Waals surface area (Å²) in [6.07, 6.45) is 1.18. The maximum absolute atomic E-state index is 13.1. The lowest BCUT2D eigenvalue weighted by atomic mass is 10.0. The molecule has 0 aliphatic rings. The summed E-state index contributed by atoms with van der Waals surface area (Å²) in [4.78, 5) is 27.2. The minimum atomic E-state index is -0.598. The van der Waals surface area contributed by atoms with Gasteiger partial charge in [0.1, 0.15) is 11.8 Å². The first kappa shape index (κ1) is 23.4. The smallest absolute Gasteiger partial charge is 0.243 e. The van der Waals surface area contributed by atoms with E-state index >= 15 is 0 Å². The summed E-state index contributed by atoms with van der Waals surface area (Å²) < 4.78 is 10.5. The van der Waals surface area contributed by atoms with E-state index in [4.69, 9.17) is 9.47 Å². The lowest BCUT2D eigenvalue weighted by molar-refractivity contribution is -0.139. The molecule has 0 saturated heterocycles. The van der Waals surface area contributed by atoms with Gasteiger partial charge in [-0.05, 0) is 36.6 Å². The molecule has 0 aliphatic carbocycles. The van der Waals surface area contributed by atoms with Crippen LogP contribution in [0.5, 0.6) is 5.75 Å². The molecular formula is C24H32N2O4. The van der Waals surface area contributed by atoms with Crippen LogP contribution in [0, 0.1) is 0 Å². The van der Waals surface area contributed by atoms with E-state index in [2.05, 4.69) is 5.32 Å². The van der Waals surface area contributed by atoms with Crippen LogP contribution in [0.3, 0.4) is 0 Å². The minimum absolute atomic E-state index is 0.142. The molecule has 2 amide bonds. The molecule has 0 fully saturated rings. The van der Waals surface area contributed by atoms with Crippen molar-refractivity contribution in [2.45, 2.75) is 39.3 Å². The molecule has 6 nitrogen and oxygen atoms in total. The van der Waals surface area contributed by atoms with Crippen LogP contribution in [0.25, 0.3) is 0 Å². The Labute approximate surface area is 179 Å². The Morgan fingerprint density at radius 1 is 1.03 bits per heavy atom. The molecule has 1 N–H and O–H groups in total. The van der Waals surface area contributed by atoms with Crippen LogP contribution in [0.1, 0.15) is 31.4 Å². The largest absolute Gasteiger partial charge is 0.497 e. The summed E-state index contributed by atoms with van der Waals surface area (Å²) >= 11 is 0. The summed E-state index contributed by atoms with van der Waals surface area (Å²) in [6.45, 7) is 5.57. The fourth-order valence-electron chi connectivity index (χ4n) is 3.20. The van der Waals surface area contributed by atoms with Gasteiger partial charge in [0.25, 0.3) is 0 Å². The van der Waals surface area contributed by atoms with E-state index in [1.165, 1.54) is 6.92 Å². The molecule has 6 heteroatoms. The van der Waals surface area contributed by atoms with Gasteiger partial charge in [0, 0.05) is 39.6 Å². The molecule has 0 aromatic heterocycles. The number of hydrogen-bond acceptors (Lipinski definition) is 4. The molecule has 30 heavy (non-hydrogen) atoms. The first-order valence-corrected chi connectivity index (χ1v) is 10.3. The molecule has 2 aromatic rings. The van der Waals surface area contributed by atoms with Crippen molar-refractivity contribution in [3.8, 4) is 5.75 Å². The first-order chi connectivity index (χ1) is 14.5. The van der Waals surface area contributed by atoms with Gasteiger partial charge in [0.05, 0.1) is 7.11 Å². The van der Waals surface area contributed by atoms with Crippen LogP contribution >= 0.6 is 0 Å². The van der Waals surface area contributed by atoms with E-state index in [1.54, 1.807) is 12.0 Å². The zero-order chi connectivity index (χ0) is 21.8. The predicted octanol–water partition coefficient (Wildman–Crippen LogP) is 3.20. The second-order valence-electron chi connectivity index (χ2n) is 7.04. The van der Waals surface area contributed by atoms with Crippen molar-refractivity contribution in [2.24, 2.45) is 0 Å². The summed E-state index contributed by atoms with van der Waals surface area (Å²) in [5.74, 6) is 0.455. The van der Waals surface area contributed by atoms with Gasteiger partial charge in [-0.2, -0.15) is 0 Å². The molecule has 0 unspecified atom stereocenters. The van der Waals surface area contributed by atoms with Crippen molar-refractivity contribution in [3.05, 3.63) is 65.7 Å². The number of carbonyl (C=O) groups excluding carboxylic acids is 2. The second kappa shape index (κ2) is 12.6. The zero-order valence-electron chi connectivity index (χ0n) is 18.1. The third kappa shape index (κ3) is 7.52.